The van der Waals surface area contributed by atoms with Gasteiger partial charge < -0.3 is 10.2 Å². The summed E-state index contributed by atoms with van der Waals surface area (Å²) >= 11 is 1.31. The van der Waals surface area contributed by atoms with Crippen molar-refractivity contribution in [2.75, 3.05) is 0 Å². The van der Waals surface area contributed by atoms with Gasteiger partial charge in [-0.25, -0.2) is 4.79 Å². The molecule has 0 spiro atoms. The molecule has 0 atom stereocenters. The number of carbonyl (C=O) groups is 2. The Bertz CT molecular complexity index is 556. The van der Waals surface area contributed by atoms with Crippen LogP contribution in [0.1, 0.15) is 20.7 Å². The topological polar surface area (TPSA) is 74.6 Å². The predicted octanol–water partition coefficient (Wildman–Crippen LogP) is 2.12. The second-order valence-electron chi connectivity index (χ2n) is 2.94. The Morgan fingerprint density at radius 2 is 2.20 bits per heavy atom. The van der Waals surface area contributed by atoms with Crippen LogP contribution in [-0.2, 0) is 0 Å². The number of aromatic carboxylic acids is 1. The fourth-order valence-electron chi connectivity index (χ4n) is 1.41. The van der Waals surface area contributed by atoms with Crippen LogP contribution in [0.15, 0.2) is 17.5 Å². The molecule has 76 valence electrons. The number of aldehydes is 1. The molecule has 0 aliphatic heterocycles. The zero-order valence-electron chi connectivity index (χ0n) is 7.43. The van der Waals surface area contributed by atoms with Crippen LogP contribution < -0.4 is 0 Å². The van der Waals surface area contributed by atoms with E-state index in [1.165, 1.54) is 17.4 Å². The van der Waals surface area contributed by atoms with Crippen molar-refractivity contribution in [2.24, 2.45) is 0 Å². The molecular weight excluding hydrogens is 216 g/mol. The van der Waals surface area contributed by atoms with E-state index in [1.54, 1.807) is 11.4 Å². The van der Waals surface area contributed by atoms with Gasteiger partial charge in [-0.05, 0) is 17.5 Å². The number of thiophene rings is 1. The Morgan fingerprint density at radius 1 is 1.47 bits per heavy atom. The van der Waals surface area contributed by atoms with Gasteiger partial charge in [-0.1, -0.05) is 0 Å². The molecule has 0 unspecified atom stereocenters. The minimum absolute atomic E-state index is 0.169. The molecule has 4 nitrogen and oxygen atoms in total. The molecule has 0 aliphatic rings. The normalized spacial score (nSPS) is 10.4. The molecule has 2 aromatic rings. The van der Waals surface area contributed by atoms with E-state index in [-0.39, 0.29) is 16.9 Å². The Labute approximate surface area is 88.4 Å². The number of carbonyl (C=O) groups excluding carboxylic acids is 1. The van der Waals surface area contributed by atoms with Gasteiger partial charge in [0, 0.05) is 10.1 Å². The molecule has 2 N–H and O–H groups in total. The van der Waals surface area contributed by atoms with Crippen molar-refractivity contribution in [3.05, 3.63) is 28.6 Å². The molecule has 15 heavy (non-hydrogen) atoms. The maximum Gasteiger partial charge on any atom is 0.336 e. The third kappa shape index (κ3) is 1.37. The van der Waals surface area contributed by atoms with Crippen molar-refractivity contribution in [1.82, 2.24) is 0 Å². The van der Waals surface area contributed by atoms with E-state index in [0.29, 0.717) is 16.4 Å². The highest BCUT2D eigenvalue weighted by molar-refractivity contribution is 7.17. The molecule has 0 fully saturated rings. The number of carboxylic acids is 1. The summed E-state index contributed by atoms with van der Waals surface area (Å²) in [5.74, 6) is -1.48. The van der Waals surface area contributed by atoms with Crippen LogP contribution in [0.3, 0.4) is 0 Å². The SMILES string of the molecule is O=Cc1c(C(=O)O)cc2sccc2c1O. The number of phenolic OH excluding ortho intramolecular Hbond substituents is 1. The van der Waals surface area contributed by atoms with Gasteiger partial charge in [-0.2, -0.15) is 0 Å². The molecular formula is C10H6O4S. The molecule has 0 bridgehead atoms. The third-order valence-electron chi connectivity index (χ3n) is 2.12. The first kappa shape index (κ1) is 9.67. The largest absolute Gasteiger partial charge is 0.506 e. The fraction of sp³-hybridized carbons (Fsp3) is 0. The summed E-state index contributed by atoms with van der Waals surface area (Å²) in [5, 5.41) is 20.8. The quantitative estimate of drug-likeness (QED) is 0.763. The molecule has 0 aliphatic carbocycles. The van der Waals surface area contributed by atoms with Crippen LogP contribution in [0.5, 0.6) is 5.75 Å². The number of phenols is 1. The first-order valence-electron chi connectivity index (χ1n) is 4.06. The predicted molar refractivity (Wildman–Crippen MR) is 55.8 cm³/mol. The number of rotatable bonds is 2. The number of hydrogen-bond acceptors (Lipinski definition) is 4. The van der Waals surface area contributed by atoms with E-state index in [4.69, 9.17) is 5.11 Å². The summed E-state index contributed by atoms with van der Waals surface area (Å²) in [5.41, 5.74) is -0.342. The van der Waals surface area contributed by atoms with Gasteiger partial charge in [0.2, 0.25) is 0 Å². The number of benzene rings is 1. The number of hydrogen-bond donors (Lipinski definition) is 2. The summed E-state index contributed by atoms with van der Waals surface area (Å²) in [6, 6.07) is 3.04. The first-order chi connectivity index (χ1) is 7.15. The standard InChI is InChI=1S/C10H6O4S/c11-4-7-6(10(13)14)3-8-5(9(7)12)1-2-15-8/h1-4,12H,(H,13,14). The number of fused-ring (bicyclic) bond motifs is 1. The third-order valence-corrected chi connectivity index (χ3v) is 2.98. The lowest BCUT2D eigenvalue weighted by atomic mass is 10.1. The van der Waals surface area contributed by atoms with Crippen molar-refractivity contribution >= 4 is 33.7 Å². The molecule has 1 aromatic heterocycles. The summed E-state index contributed by atoms with van der Waals surface area (Å²) in [6.07, 6.45) is 0.357. The van der Waals surface area contributed by atoms with Crippen molar-refractivity contribution < 1.29 is 19.8 Å². The van der Waals surface area contributed by atoms with Crippen LogP contribution in [0, 0.1) is 0 Å². The van der Waals surface area contributed by atoms with Crippen molar-refractivity contribution in [2.45, 2.75) is 0 Å². The zero-order chi connectivity index (χ0) is 11.0. The van der Waals surface area contributed by atoms with Crippen molar-refractivity contribution in [3.63, 3.8) is 0 Å². The second kappa shape index (κ2) is 3.36. The zero-order valence-corrected chi connectivity index (χ0v) is 8.25. The van der Waals surface area contributed by atoms with Gasteiger partial charge in [-0.3, -0.25) is 4.79 Å². The van der Waals surface area contributed by atoms with Gasteiger partial charge >= 0.3 is 5.97 Å². The highest BCUT2D eigenvalue weighted by atomic mass is 32.1. The second-order valence-corrected chi connectivity index (χ2v) is 3.89. The van der Waals surface area contributed by atoms with Crippen molar-refractivity contribution in [1.29, 1.82) is 0 Å². The van der Waals surface area contributed by atoms with Crippen LogP contribution in [0.4, 0.5) is 0 Å². The lowest BCUT2D eigenvalue weighted by Crippen LogP contribution is -2.01. The molecule has 0 saturated heterocycles. The van der Waals surface area contributed by atoms with Crippen LogP contribution >= 0.6 is 11.3 Å². The Kier molecular flexibility index (Phi) is 2.17. The van der Waals surface area contributed by atoms with Gasteiger partial charge in [0.05, 0.1) is 11.1 Å². The van der Waals surface area contributed by atoms with E-state index in [1.807, 2.05) is 0 Å². The van der Waals surface area contributed by atoms with Crippen LogP contribution in [-0.4, -0.2) is 22.5 Å². The minimum atomic E-state index is -1.22. The van der Waals surface area contributed by atoms with E-state index in [0.717, 1.165) is 0 Å². The van der Waals surface area contributed by atoms with E-state index in [2.05, 4.69) is 0 Å². The maximum absolute atomic E-state index is 10.8. The van der Waals surface area contributed by atoms with E-state index < -0.39 is 5.97 Å². The Balaban J connectivity index is 2.90. The van der Waals surface area contributed by atoms with E-state index in [9.17, 15) is 14.7 Å². The van der Waals surface area contributed by atoms with Crippen molar-refractivity contribution in [3.8, 4) is 5.75 Å². The lowest BCUT2D eigenvalue weighted by Gasteiger charge is -2.03. The van der Waals surface area contributed by atoms with Crippen LogP contribution in [0.2, 0.25) is 0 Å². The van der Waals surface area contributed by atoms with Gasteiger partial charge in [0.1, 0.15) is 5.75 Å². The van der Waals surface area contributed by atoms with Gasteiger partial charge in [-0.15, -0.1) is 11.3 Å². The molecule has 1 heterocycles. The molecule has 1 aromatic carbocycles. The highest BCUT2D eigenvalue weighted by Crippen LogP contribution is 2.33. The molecule has 0 saturated carbocycles. The molecule has 2 rings (SSSR count). The number of aromatic hydroxyl groups is 1. The fourth-order valence-corrected chi connectivity index (χ4v) is 2.23. The monoisotopic (exact) mass is 222 g/mol. The van der Waals surface area contributed by atoms with Crippen LogP contribution in [0.25, 0.3) is 10.1 Å². The summed E-state index contributed by atoms with van der Waals surface area (Å²) in [7, 11) is 0. The summed E-state index contributed by atoms with van der Waals surface area (Å²) < 4.78 is 0.649. The molecule has 0 radical (unpaired) electrons. The van der Waals surface area contributed by atoms with Gasteiger partial charge in [0.25, 0.3) is 0 Å². The average Bonchev–Trinajstić information content (AvgIpc) is 2.65. The number of carboxylic acid groups (broad SMARTS) is 1. The molecule has 0 amide bonds. The summed E-state index contributed by atoms with van der Waals surface area (Å²) in [6.45, 7) is 0. The average molecular weight is 222 g/mol. The van der Waals surface area contributed by atoms with E-state index >= 15 is 0 Å². The minimum Gasteiger partial charge on any atom is -0.506 e. The lowest BCUT2D eigenvalue weighted by molar-refractivity contribution is 0.0693. The highest BCUT2D eigenvalue weighted by Gasteiger charge is 2.17. The smallest absolute Gasteiger partial charge is 0.336 e. The first-order valence-corrected chi connectivity index (χ1v) is 4.94. The summed E-state index contributed by atoms with van der Waals surface area (Å²) in [4.78, 5) is 21.5. The van der Waals surface area contributed by atoms with Gasteiger partial charge in [0.15, 0.2) is 6.29 Å². The Hall–Kier alpha value is -1.88. The molecule has 5 heteroatoms. The maximum atomic E-state index is 10.8. The Morgan fingerprint density at radius 3 is 2.80 bits per heavy atom.